The third-order valence-electron chi connectivity index (χ3n) is 3.96. The molecule has 1 heterocycles. The van der Waals surface area contributed by atoms with Crippen LogP contribution >= 0.6 is 11.8 Å². The molecule has 2 atom stereocenters. The average molecular weight is 315 g/mol. The van der Waals surface area contributed by atoms with E-state index >= 15 is 0 Å². The van der Waals surface area contributed by atoms with Crippen molar-refractivity contribution in [2.75, 3.05) is 5.32 Å². The highest BCUT2D eigenvalue weighted by molar-refractivity contribution is 7.99. The van der Waals surface area contributed by atoms with Gasteiger partial charge in [-0.05, 0) is 37.1 Å². The number of nitrogens with one attached hydrogen (secondary N) is 1. The van der Waals surface area contributed by atoms with E-state index in [-0.39, 0.29) is 0 Å². The minimum absolute atomic E-state index is 0.441. The van der Waals surface area contributed by atoms with Gasteiger partial charge in [0.25, 0.3) is 0 Å². The van der Waals surface area contributed by atoms with E-state index in [9.17, 15) is 0 Å². The van der Waals surface area contributed by atoms with Crippen LogP contribution in [0.25, 0.3) is 0 Å². The molecule has 0 saturated heterocycles. The number of benzene rings is 2. The molecule has 0 radical (unpaired) electrons. The highest BCUT2D eigenvalue weighted by Gasteiger charge is 2.19. The van der Waals surface area contributed by atoms with Crippen molar-refractivity contribution in [3.05, 3.63) is 48.5 Å². The van der Waals surface area contributed by atoms with E-state index in [2.05, 4.69) is 53.8 Å². The normalized spacial score (nSPS) is 22.5. The summed E-state index contributed by atoms with van der Waals surface area (Å²) in [5, 5.41) is 21.3. The van der Waals surface area contributed by atoms with Crippen LogP contribution in [0.2, 0.25) is 0 Å². The second kappa shape index (κ2) is 7.18. The molecular weight excluding hydrogens is 294 g/mol. The molecule has 3 nitrogen and oxygen atoms in total. The maximum atomic E-state index is 8.93. The molecule has 0 aromatic heterocycles. The average Bonchev–Trinajstić information content (AvgIpc) is 2.56. The van der Waals surface area contributed by atoms with E-state index in [1.807, 2.05) is 11.8 Å². The summed E-state index contributed by atoms with van der Waals surface area (Å²) in [7, 11) is 0. The first-order valence-electron chi connectivity index (χ1n) is 7.73. The fraction of sp³-hybridized carbons (Fsp3) is 0.333. The summed E-state index contributed by atoms with van der Waals surface area (Å²) < 4.78 is 0. The molecule has 0 bridgehead atoms. The maximum absolute atomic E-state index is 8.93. The Morgan fingerprint density at radius 2 is 1.23 bits per heavy atom. The monoisotopic (exact) mass is 315 g/mol. The Balaban J connectivity index is 0.000000154. The lowest BCUT2D eigenvalue weighted by Gasteiger charge is -2.22. The number of anilines is 2. The lowest BCUT2D eigenvalue weighted by Crippen LogP contribution is -2.28. The van der Waals surface area contributed by atoms with Crippen LogP contribution in [0, 0.1) is 0 Å². The third-order valence-corrected chi connectivity index (χ3v) is 5.11. The molecule has 116 valence electrons. The first-order valence-corrected chi connectivity index (χ1v) is 8.55. The van der Waals surface area contributed by atoms with Gasteiger partial charge in [0.05, 0.1) is 23.6 Å². The van der Waals surface area contributed by atoms with Crippen molar-refractivity contribution in [2.45, 2.75) is 47.7 Å². The fourth-order valence-corrected chi connectivity index (χ4v) is 3.66. The highest BCUT2D eigenvalue weighted by atomic mass is 32.2. The Morgan fingerprint density at radius 1 is 0.773 bits per heavy atom. The van der Waals surface area contributed by atoms with Gasteiger partial charge in [-0.3, -0.25) is 0 Å². The van der Waals surface area contributed by atoms with Gasteiger partial charge in [-0.15, -0.1) is 0 Å². The van der Waals surface area contributed by atoms with Crippen molar-refractivity contribution in [2.24, 2.45) is 0 Å². The van der Waals surface area contributed by atoms with Crippen molar-refractivity contribution in [1.82, 2.24) is 0 Å². The Kier molecular flexibility index (Phi) is 5.03. The van der Waals surface area contributed by atoms with Gasteiger partial charge in [0.15, 0.2) is 0 Å². The molecule has 1 aliphatic heterocycles. The molecule has 0 unspecified atom stereocenters. The number of para-hydroxylation sites is 2. The van der Waals surface area contributed by atoms with Crippen molar-refractivity contribution in [1.29, 1.82) is 0 Å². The number of fused-ring (bicyclic) bond motifs is 2. The van der Waals surface area contributed by atoms with E-state index < -0.39 is 12.2 Å². The second-order valence-corrected chi connectivity index (χ2v) is 6.72. The van der Waals surface area contributed by atoms with Crippen LogP contribution in [0.5, 0.6) is 0 Å². The van der Waals surface area contributed by atoms with Gasteiger partial charge in [-0.2, -0.15) is 0 Å². The Bertz CT molecular complexity index is 534. The minimum Gasteiger partial charge on any atom is -0.390 e. The molecule has 2 aromatic carbocycles. The van der Waals surface area contributed by atoms with E-state index in [0.29, 0.717) is 0 Å². The topological polar surface area (TPSA) is 52.5 Å². The zero-order valence-electron chi connectivity index (χ0n) is 12.4. The molecule has 1 aliphatic carbocycles. The number of hydrogen-bond donors (Lipinski definition) is 3. The van der Waals surface area contributed by atoms with Crippen LogP contribution < -0.4 is 5.32 Å². The molecule has 4 heteroatoms. The summed E-state index contributed by atoms with van der Waals surface area (Å²) in [5.41, 5.74) is 2.41. The van der Waals surface area contributed by atoms with Gasteiger partial charge in [0, 0.05) is 9.79 Å². The van der Waals surface area contributed by atoms with Gasteiger partial charge in [-0.25, -0.2) is 0 Å². The molecule has 3 N–H and O–H groups in total. The number of rotatable bonds is 0. The zero-order chi connectivity index (χ0) is 15.4. The molecule has 4 rings (SSSR count). The second-order valence-electron chi connectivity index (χ2n) is 5.64. The minimum atomic E-state index is -0.441. The standard InChI is InChI=1S/C12H9NS.C6H12O2/c1-3-7-11-9(5-1)13-10-6-2-4-8-12(10)14-11;7-5-3-1-2-4-6(5)8/h1-8,13H;5-8H,1-4H2/t;5-,6+. The van der Waals surface area contributed by atoms with Gasteiger partial charge in [-0.1, -0.05) is 48.9 Å². The van der Waals surface area contributed by atoms with Gasteiger partial charge < -0.3 is 15.5 Å². The molecule has 0 spiro atoms. The number of aliphatic hydroxyl groups excluding tert-OH is 2. The van der Waals surface area contributed by atoms with Crippen LogP contribution in [0.4, 0.5) is 11.4 Å². The van der Waals surface area contributed by atoms with Crippen molar-refractivity contribution < 1.29 is 10.2 Å². The quantitative estimate of drug-likeness (QED) is 0.582. The van der Waals surface area contributed by atoms with Crippen LogP contribution in [0.3, 0.4) is 0 Å². The third kappa shape index (κ3) is 3.64. The number of aliphatic hydroxyl groups is 2. The van der Waals surface area contributed by atoms with E-state index in [0.717, 1.165) is 25.7 Å². The Labute approximate surface area is 135 Å². The van der Waals surface area contributed by atoms with Gasteiger partial charge in [0.2, 0.25) is 0 Å². The van der Waals surface area contributed by atoms with Gasteiger partial charge >= 0.3 is 0 Å². The summed E-state index contributed by atoms with van der Waals surface area (Å²) >= 11 is 1.82. The summed E-state index contributed by atoms with van der Waals surface area (Å²) in [6.45, 7) is 0. The molecular formula is C18H21NO2S. The molecule has 1 saturated carbocycles. The largest absolute Gasteiger partial charge is 0.390 e. The fourth-order valence-electron chi connectivity index (χ4n) is 2.67. The van der Waals surface area contributed by atoms with Crippen molar-refractivity contribution >= 4 is 23.1 Å². The predicted octanol–water partition coefficient (Wildman–Crippen LogP) is 4.18. The van der Waals surface area contributed by atoms with E-state index in [4.69, 9.17) is 10.2 Å². The van der Waals surface area contributed by atoms with Crippen molar-refractivity contribution in [3.63, 3.8) is 0 Å². The summed E-state index contributed by atoms with van der Waals surface area (Å²) in [6, 6.07) is 16.8. The van der Waals surface area contributed by atoms with E-state index in [1.54, 1.807) is 0 Å². The number of hydrogen-bond acceptors (Lipinski definition) is 4. The lowest BCUT2D eigenvalue weighted by atomic mass is 9.95. The van der Waals surface area contributed by atoms with Crippen LogP contribution in [-0.4, -0.2) is 22.4 Å². The molecule has 1 fully saturated rings. The Hall–Kier alpha value is -1.49. The smallest absolute Gasteiger partial charge is 0.0799 e. The summed E-state index contributed by atoms with van der Waals surface area (Å²) in [4.78, 5) is 2.59. The van der Waals surface area contributed by atoms with Crippen LogP contribution in [0.15, 0.2) is 58.3 Å². The first kappa shape index (κ1) is 15.4. The van der Waals surface area contributed by atoms with Crippen LogP contribution in [-0.2, 0) is 0 Å². The SMILES string of the molecule is O[C@@H]1CCCC[C@@H]1O.c1ccc2c(c1)Nc1ccccc1S2. The lowest BCUT2D eigenvalue weighted by molar-refractivity contribution is -0.00865. The zero-order valence-corrected chi connectivity index (χ0v) is 13.2. The first-order chi connectivity index (χ1) is 10.7. The molecule has 0 amide bonds. The highest BCUT2D eigenvalue weighted by Crippen LogP contribution is 2.43. The van der Waals surface area contributed by atoms with Crippen LogP contribution in [0.1, 0.15) is 25.7 Å². The van der Waals surface area contributed by atoms with Crippen molar-refractivity contribution in [3.8, 4) is 0 Å². The predicted molar refractivity (Wildman–Crippen MR) is 90.8 cm³/mol. The molecule has 2 aromatic rings. The summed E-state index contributed by atoms with van der Waals surface area (Å²) in [6.07, 6.45) is 2.81. The molecule has 2 aliphatic rings. The molecule has 22 heavy (non-hydrogen) atoms. The summed E-state index contributed by atoms with van der Waals surface area (Å²) in [5.74, 6) is 0. The Morgan fingerprint density at radius 3 is 1.68 bits per heavy atom. The maximum Gasteiger partial charge on any atom is 0.0799 e. The van der Waals surface area contributed by atoms with Gasteiger partial charge in [0.1, 0.15) is 0 Å². The van der Waals surface area contributed by atoms with E-state index in [1.165, 1.54) is 21.2 Å².